The number of hydrogen-bond acceptors (Lipinski definition) is 6. The van der Waals surface area contributed by atoms with Crippen LogP contribution in [-0.2, 0) is 11.2 Å². The summed E-state index contributed by atoms with van der Waals surface area (Å²) in [5, 5.41) is 9.58. The Balaban J connectivity index is 1.78. The maximum atomic E-state index is 13.0. The minimum Gasteiger partial charge on any atom is -0.478 e. The fourth-order valence-electron chi connectivity index (χ4n) is 3.95. The van der Waals surface area contributed by atoms with Gasteiger partial charge in [0.05, 0.1) is 23.4 Å². The smallest absolute Gasteiger partial charge is 0.335 e. The number of ether oxygens (including phenoxy) is 1. The first-order chi connectivity index (χ1) is 14.8. The summed E-state index contributed by atoms with van der Waals surface area (Å²) in [6, 6.07) is 6.06. The minimum absolute atomic E-state index is 0.181. The number of piperidine rings is 1. The Kier molecular flexibility index (Phi) is 7.69. The zero-order valence-electron chi connectivity index (χ0n) is 17.8. The molecule has 1 fully saturated rings. The molecule has 0 spiro atoms. The Labute approximate surface area is 186 Å². The number of aromatic amines is 1. The minimum atomic E-state index is -0.966. The average Bonchev–Trinajstić information content (AvgIpc) is 3.17. The Bertz CT molecular complexity index is 932. The first-order valence-corrected chi connectivity index (χ1v) is 11.0. The Morgan fingerprint density at radius 1 is 1.42 bits per heavy atom. The molecule has 1 aromatic carbocycles. The van der Waals surface area contributed by atoms with Crippen molar-refractivity contribution in [2.24, 2.45) is 11.7 Å². The van der Waals surface area contributed by atoms with Gasteiger partial charge in [0, 0.05) is 31.3 Å². The van der Waals surface area contributed by atoms with E-state index in [1.54, 1.807) is 18.2 Å². The third-order valence-electron chi connectivity index (χ3n) is 5.68. The molecule has 4 N–H and O–H groups in total. The third-order valence-corrected chi connectivity index (χ3v) is 6.00. The lowest BCUT2D eigenvalue weighted by atomic mass is 9.84. The number of Topliss-reactive ketones (excluding diaryl/α,β-unsaturated/α-hetero) is 1. The summed E-state index contributed by atoms with van der Waals surface area (Å²) in [5.41, 5.74) is 8.17. The van der Waals surface area contributed by atoms with Crippen molar-refractivity contribution in [1.29, 1.82) is 0 Å². The molecule has 9 heteroatoms. The van der Waals surface area contributed by atoms with Crippen LogP contribution in [0.4, 0.5) is 5.69 Å². The molecule has 2 aromatic rings. The van der Waals surface area contributed by atoms with Gasteiger partial charge in [-0.3, -0.25) is 4.79 Å². The number of aromatic carboxylic acids is 1. The van der Waals surface area contributed by atoms with E-state index < -0.39 is 12.0 Å². The zero-order valence-corrected chi connectivity index (χ0v) is 18.6. The van der Waals surface area contributed by atoms with Gasteiger partial charge in [0.1, 0.15) is 0 Å². The topological polar surface area (TPSA) is 122 Å². The Hall–Kier alpha value is -2.42. The van der Waals surface area contributed by atoms with E-state index in [1.165, 1.54) is 0 Å². The Morgan fingerprint density at radius 2 is 2.19 bits per heavy atom. The number of rotatable bonds is 9. The molecular weight excluding hydrogens is 420 g/mol. The van der Waals surface area contributed by atoms with Crippen molar-refractivity contribution in [3.63, 3.8) is 0 Å². The van der Waals surface area contributed by atoms with Crippen LogP contribution in [0.2, 0.25) is 5.15 Å². The van der Waals surface area contributed by atoms with E-state index in [4.69, 9.17) is 22.1 Å². The van der Waals surface area contributed by atoms with Crippen molar-refractivity contribution in [1.82, 2.24) is 9.97 Å². The number of nitrogens with zero attached hydrogens (tertiary/aromatic N) is 2. The average molecular weight is 449 g/mol. The van der Waals surface area contributed by atoms with E-state index >= 15 is 0 Å². The van der Waals surface area contributed by atoms with E-state index in [-0.39, 0.29) is 29.2 Å². The molecule has 2 unspecified atom stereocenters. The number of H-pyrrole nitrogens is 1. The number of aromatic nitrogens is 2. The Morgan fingerprint density at radius 3 is 2.84 bits per heavy atom. The number of carbonyl (C=O) groups excluding carboxylic acids is 1. The predicted molar refractivity (Wildman–Crippen MR) is 119 cm³/mol. The fraction of sp³-hybridized carbons (Fsp3) is 0.500. The number of halogens is 1. The largest absolute Gasteiger partial charge is 0.478 e. The van der Waals surface area contributed by atoms with Crippen LogP contribution < -0.4 is 10.6 Å². The van der Waals surface area contributed by atoms with Gasteiger partial charge in [-0.25, -0.2) is 9.78 Å². The molecule has 2 heterocycles. The van der Waals surface area contributed by atoms with E-state index in [9.17, 15) is 14.7 Å². The van der Waals surface area contributed by atoms with Crippen molar-refractivity contribution in [3.05, 3.63) is 46.5 Å². The number of carboxylic acid groups (broad SMARTS) is 1. The highest BCUT2D eigenvalue weighted by molar-refractivity contribution is 6.30. The van der Waals surface area contributed by atoms with Crippen molar-refractivity contribution in [2.45, 2.75) is 45.3 Å². The van der Waals surface area contributed by atoms with Gasteiger partial charge in [-0.1, -0.05) is 31.5 Å². The summed E-state index contributed by atoms with van der Waals surface area (Å²) in [6.07, 6.45) is 1.85. The van der Waals surface area contributed by atoms with Crippen molar-refractivity contribution >= 4 is 29.0 Å². The standard InChI is InChI=1S/C22H29ClN4O4/c1-3-10-31-17-12-27(14-7-5-6-13(11-14)22(29)30)9-8-15(17)18(24)19(28)21-25-16(4-2)20(23)26-21/h5-7,11,15,17-18H,3-4,8-10,12,24H2,1-2H3,(H,25,26)(H,29,30)/t15?,17-,18?/m0/s1. The highest BCUT2D eigenvalue weighted by Crippen LogP contribution is 2.29. The van der Waals surface area contributed by atoms with Crippen LogP contribution in [0, 0.1) is 5.92 Å². The number of aryl methyl sites for hydroxylation is 1. The third kappa shape index (κ3) is 5.26. The van der Waals surface area contributed by atoms with Gasteiger partial charge >= 0.3 is 5.97 Å². The van der Waals surface area contributed by atoms with Crippen LogP contribution in [0.1, 0.15) is 53.4 Å². The highest BCUT2D eigenvalue weighted by atomic mass is 35.5. The number of anilines is 1. The molecule has 168 valence electrons. The van der Waals surface area contributed by atoms with Crippen LogP contribution in [0.3, 0.4) is 0 Å². The summed E-state index contributed by atoms with van der Waals surface area (Å²) >= 11 is 6.09. The van der Waals surface area contributed by atoms with Crippen molar-refractivity contribution in [2.75, 3.05) is 24.6 Å². The SMILES string of the molecule is CCCO[C@H]1CN(c2cccc(C(=O)O)c2)CCC1C(N)C(=O)c1nc(Cl)c(CC)[nH]1. The maximum absolute atomic E-state index is 13.0. The van der Waals surface area contributed by atoms with Gasteiger partial charge in [-0.15, -0.1) is 0 Å². The zero-order chi connectivity index (χ0) is 22.5. The van der Waals surface area contributed by atoms with Crippen LogP contribution in [0.25, 0.3) is 0 Å². The molecule has 31 heavy (non-hydrogen) atoms. The maximum Gasteiger partial charge on any atom is 0.335 e. The van der Waals surface area contributed by atoms with Gasteiger partial charge in [0.25, 0.3) is 0 Å². The molecular formula is C22H29ClN4O4. The quantitative estimate of drug-likeness (QED) is 0.503. The van der Waals surface area contributed by atoms with Crippen LogP contribution >= 0.6 is 11.6 Å². The number of nitrogens with two attached hydrogens (primary N) is 1. The van der Waals surface area contributed by atoms with E-state index in [2.05, 4.69) is 14.9 Å². The summed E-state index contributed by atoms with van der Waals surface area (Å²) in [6.45, 7) is 5.66. The number of nitrogens with one attached hydrogen (secondary N) is 1. The van der Waals surface area contributed by atoms with Crippen molar-refractivity contribution in [3.8, 4) is 0 Å². The number of carboxylic acids is 1. The lowest BCUT2D eigenvalue weighted by molar-refractivity contribution is -0.00142. The van der Waals surface area contributed by atoms with Gasteiger partial charge in [0.15, 0.2) is 11.0 Å². The molecule has 0 bridgehead atoms. The van der Waals surface area contributed by atoms with Crippen LogP contribution in [-0.4, -0.2) is 58.7 Å². The predicted octanol–water partition coefficient (Wildman–Crippen LogP) is 3.16. The first-order valence-electron chi connectivity index (χ1n) is 10.6. The highest BCUT2D eigenvalue weighted by Gasteiger charge is 2.38. The number of ketones is 1. The van der Waals surface area contributed by atoms with Crippen LogP contribution in [0.5, 0.6) is 0 Å². The van der Waals surface area contributed by atoms with E-state index in [0.717, 1.165) is 12.1 Å². The van der Waals surface area contributed by atoms with Crippen molar-refractivity contribution < 1.29 is 19.4 Å². The monoisotopic (exact) mass is 448 g/mol. The first kappa shape index (κ1) is 23.2. The number of imidazole rings is 1. The molecule has 1 aliphatic rings. The second-order valence-corrected chi connectivity index (χ2v) is 8.12. The molecule has 1 aromatic heterocycles. The van der Waals surface area contributed by atoms with Crippen LogP contribution in [0.15, 0.2) is 24.3 Å². The summed E-state index contributed by atoms with van der Waals surface area (Å²) < 4.78 is 6.08. The lowest BCUT2D eigenvalue weighted by Gasteiger charge is -2.41. The molecule has 0 amide bonds. The molecule has 1 saturated heterocycles. The number of benzene rings is 1. The normalized spacial score (nSPS) is 19.9. The van der Waals surface area contributed by atoms with Gasteiger partial charge in [-0.2, -0.15) is 0 Å². The molecule has 0 radical (unpaired) electrons. The van der Waals surface area contributed by atoms with E-state index in [0.29, 0.717) is 43.4 Å². The van der Waals surface area contributed by atoms with Gasteiger partial charge in [-0.05, 0) is 37.5 Å². The number of carbonyl (C=O) groups is 2. The van der Waals surface area contributed by atoms with Gasteiger partial charge in [0.2, 0.25) is 5.78 Å². The number of hydrogen-bond donors (Lipinski definition) is 3. The molecule has 1 aliphatic heterocycles. The molecule has 3 rings (SSSR count). The van der Waals surface area contributed by atoms with Gasteiger partial charge < -0.3 is 25.5 Å². The second-order valence-electron chi connectivity index (χ2n) is 7.76. The summed E-state index contributed by atoms with van der Waals surface area (Å²) in [5.74, 6) is -1.25. The summed E-state index contributed by atoms with van der Waals surface area (Å²) in [4.78, 5) is 33.5. The molecule has 0 saturated carbocycles. The van der Waals surface area contributed by atoms with E-state index in [1.807, 2.05) is 19.9 Å². The second kappa shape index (κ2) is 10.3. The molecule has 0 aliphatic carbocycles. The molecule has 8 nitrogen and oxygen atoms in total. The summed E-state index contributed by atoms with van der Waals surface area (Å²) in [7, 11) is 0. The molecule has 3 atom stereocenters. The fourth-order valence-corrected chi connectivity index (χ4v) is 4.22. The lowest BCUT2D eigenvalue weighted by Crippen LogP contribution is -2.54.